The van der Waals surface area contributed by atoms with Crippen molar-refractivity contribution in [2.24, 2.45) is 0 Å². The highest BCUT2D eigenvalue weighted by Crippen LogP contribution is 2.15. The maximum Gasteiger partial charge on any atom is 0.274 e. The molecule has 2 amide bonds. The Hall–Kier alpha value is -3.47. The molecular weight excluding hydrogens is 338 g/mol. The molecule has 3 aromatic rings. The van der Waals surface area contributed by atoms with E-state index in [0.29, 0.717) is 5.69 Å². The molecule has 27 heavy (non-hydrogen) atoms. The molecule has 5 heteroatoms. The number of rotatable bonds is 5. The number of aryl methyl sites for hydroxylation is 2. The van der Waals surface area contributed by atoms with Crippen LogP contribution in [0.25, 0.3) is 0 Å². The molecule has 0 atom stereocenters. The number of aromatic nitrogens is 1. The molecule has 0 fully saturated rings. The summed E-state index contributed by atoms with van der Waals surface area (Å²) in [4.78, 5) is 29.1. The van der Waals surface area contributed by atoms with Crippen LogP contribution in [0.15, 0.2) is 66.7 Å². The van der Waals surface area contributed by atoms with Gasteiger partial charge in [0.15, 0.2) is 0 Å². The van der Waals surface area contributed by atoms with E-state index in [0.717, 1.165) is 17.7 Å². The number of amides is 2. The lowest BCUT2D eigenvalue weighted by molar-refractivity contribution is 0.101. The maximum atomic E-state index is 12.5. The van der Waals surface area contributed by atoms with Gasteiger partial charge in [0.2, 0.25) is 0 Å². The first kappa shape index (κ1) is 18.3. The second kappa shape index (κ2) is 8.27. The zero-order valence-electron chi connectivity index (χ0n) is 15.3. The van der Waals surface area contributed by atoms with Crippen LogP contribution in [-0.2, 0) is 6.42 Å². The first-order valence-electron chi connectivity index (χ1n) is 8.81. The van der Waals surface area contributed by atoms with Gasteiger partial charge in [-0.3, -0.25) is 9.59 Å². The third kappa shape index (κ3) is 4.58. The Bertz CT molecular complexity index is 965. The monoisotopic (exact) mass is 359 g/mol. The van der Waals surface area contributed by atoms with E-state index in [1.54, 1.807) is 18.2 Å². The van der Waals surface area contributed by atoms with E-state index in [9.17, 15) is 9.59 Å². The highest BCUT2D eigenvalue weighted by Gasteiger charge is 2.13. The van der Waals surface area contributed by atoms with E-state index in [1.807, 2.05) is 55.5 Å². The van der Waals surface area contributed by atoms with Gasteiger partial charge >= 0.3 is 0 Å². The SMILES string of the molecule is CCc1ccc(NC(=O)c2cccc(C(=O)Nc3ccccc3C)n2)cc1. The molecule has 2 N–H and O–H groups in total. The average molecular weight is 359 g/mol. The number of hydrogen-bond acceptors (Lipinski definition) is 3. The fourth-order valence-electron chi connectivity index (χ4n) is 2.61. The first-order chi connectivity index (χ1) is 13.1. The Kier molecular flexibility index (Phi) is 5.61. The third-order valence-corrected chi connectivity index (χ3v) is 4.23. The lowest BCUT2D eigenvalue weighted by atomic mass is 10.1. The minimum atomic E-state index is -0.357. The number of carbonyl (C=O) groups excluding carboxylic acids is 2. The van der Waals surface area contributed by atoms with Crippen molar-refractivity contribution < 1.29 is 9.59 Å². The summed E-state index contributed by atoms with van der Waals surface area (Å²) in [6.07, 6.45) is 0.938. The molecule has 0 bridgehead atoms. The van der Waals surface area contributed by atoms with Crippen LogP contribution >= 0.6 is 0 Å². The number of benzene rings is 2. The molecular formula is C22H21N3O2. The van der Waals surface area contributed by atoms with Crippen molar-refractivity contribution in [1.29, 1.82) is 0 Å². The van der Waals surface area contributed by atoms with E-state index < -0.39 is 0 Å². The Labute approximate surface area is 158 Å². The zero-order valence-corrected chi connectivity index (χ0v) is 15.3. The van der Waals surface area contributed by atoms with Gasteiger partial charge in [-0.15, -0.1) is 0 Å². The summed E-state index contributed by atoms with van der Waals surface area (Å²) in [6, 6.07) is 19.9. The molecule has 0 unspecified atom stereocenters. The molecule has 0 aliphatic heterocycles. The highest BCUT2D eigenvalue weighted by atomic mass is 16.2. The second-order valence-corrected chi connectivity index (χ2v) is 6.18. The molecule has 0 aliphatic rings. The van der Waals surface area contributed by atoms with Gasteiger partial charge in [0, 0.05) is 11.4 Å². The van der Waals surface area contributed by atoms with Crippen LogP contribution in [0.1, 0.15) is 39.0 Å². The van der Waals surface area contributed by atoms with E-state index in [1.165, 1.54) is 5.56 Å². The predicted octanol–water partition coefficient (Wildman–Crippen LogP) is 4.46. The first-order valence-corrected chi connectivity index (χ1v) is 8.81. The second-order valence-electron chi connectivity index (χ2n) is 6.18. The molecule has 0 saturated heterocycles. The van der Waals surface area contributed by atoms with E-state index in [4.69, 9.17) is 0 Å². The molecule has 3 rings (SSSR count). The van der Waals surface area contributed by atoms with Gasteiger partial charge < -0.3 is 10.6 Å². The average Bonchev–Trinajstić information content (AvgIpc) is 2.70. The van der Waals surface area contributed by atoms with Crippen molar-refractivity contribution in [3.05, 3.63) is 89.2 Å². The standard InChI is InChI=1S/C22H21N3O2/c1-3-16-11-13-17(14-12-16)23-21(26)19-9-6-10-20(24-19)22(27)25-18-8-5-4-7-15(18)2/h4-14H,3H2,1-2H3,(H,23,26)(H,25,27). The van der Waals surface area contributed by atoms with Gasteiger partial charge in [-0.2, -0.15) is 0 Å². The number of anilines is 2. The van der Waals surface area contributed by atoms with Crippen LogP contribution < -0.4 is 10.6 Å². The highest BCUT2D eigenvalue weighted by molar-refractivity contribution is 6.06. The number of carbonyl (C=O) groups is 2. The quantitative estimate of drug-likeness (QED) is 0.707. The molecule has 1 aromatic heterocycles. The largest absolute Gasteiger partial charge is 0.321 e. The molecule has 5 nitrogen and oxygen atoms in total. The molecule has 136 valence electrons. The fourth-order valence-corrected chi connectivity index (χ4v) is 2.61. The van der Waals surface area contributed by atoms with E-state index in [2.05, 4.69) is 22.5 Å². The van der Waals surface area contributed by atoms with Crippen molar-refractivity contribution in [1.82, 2.24) is 4.98 Å². The van der Waals surface area contributed by atoms with Gasteiger partial charge in [-0.25, -0.2) is 4.98 Å². The molecule has 1 heterocycles. The van der Waals surface area contributed by atoms with Gasteiger partial charge in [0.25, 0.3) is 11.8 Å². The van der Waals surface area contributed by atoms with Crippen molar-refractivity contribution in [2.45, 2.75) is 20.3 Å². The van der Waals surface area contributed by atoms with Crippen LogP contribution in [0.2, 0.25) is 0 Å². The Balaban J connectivity index is 1.73. The van der Waals surface area contributed by atoms with E-state index in [-0.39, 0.29) is 23.2 Å². The summed E-state index contributed by atoms with van der Waals surface area (Å²) < 4.78 is 0. The lowest BCUT2D eigenvalue weighted by Crippen LogP contribution is -2.18. The molecule has 0 spiro atoms. The van der Waals surface area contributed by atoms with Crippen LogP contribution in [0, 0.1) is 6.92 Å². The van der Waals surface area contributed by atoms with Crippen molar-refractivity contribution in [3.63, 3.8) is 0 Å². The van der Waals surface area contributed by atoms with Gasteiger partial charge in [-0.05, 0) is 54.8 Å². The molecule has 2 aromatic carbocycles. The minimum absolute atomic E-state index is 0.187. The summed E-state index contributed by atoms with van der Waals surface area (Å²) >= 11 is 0. The Morgan fingerprint density at radius 1 is 0.815 bits per heavy atom. The van der Waals surface area contributed by atoms with Crippen molar-refractivity contribution in [3.8, 4) is 0 Å². The van der Waals surface area contributed by atoms with Crippen LogP contribution in [0.5, 0.6) is 0 Å². The number of para-hydroxylation sites is 1. The summed E-state index contributed by atoms with van der Waals surface area (Å²) in [5.41, 5.74) is 3.93. The summed E-state index contributed by atoms with van der Waals surface area (Å²) in [6.45, 7) is 3.99. The summed E-state index contributed by atoms with van der Waals surface area (Å²) in [7, 11) is 0. The number of nitrogens with one attached hydrogen (secondary N) is 2. The topological polar surface area (TPSA) is 71.1 Å². The minimum Gasteiger partial charge on any atom is -0.321 e. The van der Waals surface area contributed by atoms with Crippen molar-refractivity contribution in [2.75, 3.05) is 10.6 Å². The van der Waals surface area contributed by atoms with Crippen LogP contribution in [0.3, 0.4) is 0 Å². The lowest BCUT2D eigenvalue weighted by Gasteiger charge is -2.09. The summed E-state index contributed by atoms with van der Waals surface area (Å²) in [5.74, 6) is -0.712. The normalized spacial score (nSPS) is 10.3. The van der Waals surface area contributed by atoms with Crippen LogP contribution in [0.4, 0.5) is 11.4 Å². The Morgan fingerprint density at radius 2 is 1.44 bits per heavy atom. The van der Waals surface area contributed by atoms with Gasteiger partial charge in [-0.1, -0.05) is 43.3 Å². The van der Waals surface area contributed by atoms with E-state index >= 15 is 0 Å². The zero-order chi connectivity index (χ0) is 19.2. The third-order valence-electron chi connectivity index (χ3n) is 4.23. The van der Waals surface area contributed by atoms with Crippen molar-refractivity contribution >= 4 is 23.2 Å². The Morgan fingerprint density at radius 3 is 2.07 bits per heavy atom. The number of hydrogen-bond donors (Lipinski definition) is 2. The fraction of sp³-hybridized carbons (Fsp3) is 0.136. The predicted molar refractivity (Wildman–Crippen MR) is 107 cm³/mol. The van der Waals surface area contributed by atoms with Crippen LogP contribution in [-0.4, -0.2) is 16.8 Å². The number of pyridine rings is 1. The maximum absolute atomic E-state index is 12.5. The smallest absolute Gasteiger partial charge is 0.274 e. The molecule has 0 radical (unpaired) electrons. The molecule has 0 saturated carbocycles. The number of nitrogens with zero attached hydrogens (tertiary/aromatic N) is 1. The molecule has 0 aliphatic carbocycles. The van der Waals surface area contributed by atoms with Gasteiger partial charge in [0.05, 0.1) is 0 Å². The summed E-state index contributed by atoms with van der Waals surface area (Å²) in [5, 5.41) is 5.62. The van der Waals surface area contributed by atoms with Gasteiger partial charge in [0.1, 0.15) is 11.4 Å².